The number of rotatable bonds is 5. The number of halogens is 6. The van der Waals surface area contributed by atoms with Crippen molar-refractivity contribution in [1.29, 1.82) is 0 Å². The monoisotopic (exact) mass is 240 g/mol. The molecule has 0 bridgehead atoms. The largest absolute Gasteiger partial charge is 0.417 e. The first-order valence-corrected chi connectivity index (χ1v) is 3.81. The highest BCUT2D eigenvalue weighted by atomic mass is 19.3. The molecule has 1 N–H and O–H groups in total. The Morgan fingerprint density at radius 2 is 1.53 bits per heavy atom. The van der Waals surface area contributed by atoms with Crippen molar-refractivity contribution in [2.45, 2.75) is 37.9 Å². The predicted octanol–water partition coefficient (Wildman–Crippen LogP) is 2.27. The molecular formula is C7H10F6O2. The van der Waals surface area contributed by atoms with Crippen molar-refractivity contribution < 1.29 is 36.2 Å². The van der Waals surface area contributed by atoms with Crippen LogP contribution in [-0.4, -0.2) is 35.8 Å². The molecule has 0 saturated heterocycles. The highest BCUT2D eigenvalue weighted by molar-refractivity contribution is 4.88. The molecule has 0 fully saturated rings. The van der Waals surface area contributed by atoms with E-state index in [1.807, 2.05) is 0 Å². The lowest BCUT2D eigenvalue weighted by atomic mass is 10.0. The molecular weight excluding hydrogens is 230 g/mol. The fourth-order valence-corrected chi connectivity index (χ4v) is 0.650. The molecule has 0 aromatic rings. The third kappa shape index (κ3) is 3.23. The van der Waals surface area contributed by atoms with Crippen molar-refractivity contribution in [3.63, 3.8) is 0 Å². The van der Waals surface area contributed by atoms with Crippen molar-refractivity contribution in [3.05, 3.63) is 0 Å². The summed E-state index contributed by atoms with van der Waals surface area (Å²) in [4.78, 5) is 0. The maximum absolute atomic E-state index is 12.8. The van der Waals surface area contributed by atoms with Crippen LogP contribution in [0.4, 0.5) is 26.3 Å². The van der Waals surface area contributed by atoms with Crippen LogP contribution in [0.25, 0.3) is 0 Å². The number of hydrogen-bond donors (Lipinski definition) is 1. The zero-order chi connectivity index (χ0) is 12.5. The van der Waals surface area contributed by atoms with Crippen LogP contribution in [0.15, 0.2) is 0 Å². The van der Waals surface area contributed by atoms with Gasteiger partial charge in [0.15, 0.2) is 0 Å². The summed E-state index contributed by atoms with van der Waals surface area (Å²) in [6.45, 7) is -0.807. The Balaban J connectivity index is 4.79. The average molecular weight is 240 g/mol. The maximum Gasteiger partial charge on any atom is 0.417 e. The number of hydrogen-bond acceptors (Lipinski definition) is 2. The van der Waals surface area contributed by atoms with Gasteiger partial charge in [0.05, 0.1) is 0 Å². The Morgan fingerprint density at radius 3 is 1.80 bits per heavy atom. The standard InChI is InChI=1S/C7H10F6O2/c1-5(2,6(10,11)3-14)15-7(12,13)4(8)9/h4,14H,3H2,1-2H3. The summed E-state index contributed by atoms with van der Waals surface area (Å²) >= 11 is 0. The smallest absolute Gasteiger partial charge is 0.390 e. The lowest BCUT2D eigenvalue weighted by molar-refractivity contribution is -0.370. The van der Waals surface area contributed by atoms with Gasteiger partial charge in [0.25, 0.3) is 5.92 Å². The van der Waals surface area contributed by atoms with Crippen LogP contribution < -0.4 is 0 Å². The molecule has 0 spiro atoms. The first-order chi connectivity index (χ1) is 6.46. The van der Waals surface area contributed by atoms with E-state index in [0.29, 0.717) is 13.8 Å². The van der Waals surface area contributed by atoms with Gasteiger partial charge in [-0.1, -0.05) is 0 Å². The summed E-state index contributed by atoms with van der Waals surface area (Å²) in [6, 6.07) is 0. The molecule has 0 aromatic heterocycles. The van der Waals surface area contributed by atoms with Crippen LogP contribution in [0.5, 0.6) is 0 Å². The Bertz CT molecular complexity index is 216. The molecule has 0 unspecified atom stereocenters. The molecule has 0 heterocycles. The van der Waals surface area contributed by atoms with E-state index in [9.17, 15) is 26.3 Å². The van der Waals surface area contributed by atoms with Gasteiger partial charge in [0.2, 0.25) is 0 Å². The number of ether oxygens (including phenoxy) is 1. The molecule has 0 amide bonds. The van der Waals surface area contributed by atoms with Crippen molar-refractivity contribution in [3.8, 4) is 0 Å². The molecule has 0 aromatic carbocycles. The van der Waals surface area contributed by atoms with E-state index in [-0.39, 0.29) is 0 Å². The number of aliphatic hydroxyl groups is 1. The normalized spacial score (nSPS) is 14.8. The van der Waals surface area contributed by atoms with E-state index in [1.54, 1.807) is 0 Å². The molecule has 0 atom stereocenters. The van der Waals surface area contributed by atoms with Gasteiger partial charge in [0, 0.05) is 0 Å². The molecule has 92 valence electrons. The van der Waals surface area contributed by atoms with E-state index in [1.165, 1.54) is 0 Å². The van der Waals surface area contributed by atoms with Crippen molar-refractivity contribution >= 4 is 0 Å². The van der Waals surface area contributed by atoms with Gasteiger partial charge in [-0.15, -0.1) is 0 Å². The van der Waals surface area contributed by atoms with E-state index in [0.717, 1.165) is 0 Å². The van der Waals surface area contributed by atoms with E-state index < -0.39 is 30.7 Å². The Hall–Kier alpha value is -0.500. The molecule has 2 nitrogen and oxygen atoms in total. The van der Waals surface area contributed by atoms with Crippen LogP contribution in [-0.2, 0) is 4.74 Å². The molecule has 0 saturated carbocycles. The number of alkyl halides is 6. The second kappa shape index (κ2) is 4.17. The van der Waals surface area contributed by atoms with Crippen LogP contribution in [0.2, 0.25) is 0 Å². The average Bonchev–Trinajstić information content (AvgIpc) is 2.01. The van der Waals surface area contributed by atoms with Crippen molar-refractivity contribution in [2.75, 3.05) is 6.61 Å². The maximum atomic E-state index is 12.8. The van der Waals surface area contributed by atoms with E-state index >= 15 is 0 Å². The van der Waals surface area contributed by atoms with E-state index in [4.69, 9.17) is 5.11 Å². The van der Waals surface area contributed by atoms with Gasteiger partial charge < -0.3 is 9.84 Å². The number of aliphatic hydroxyl groups excluding tert-OH is 1. The van der Waals surface area contributed by atoms with Gasteiger partial charge in [0.1, 0.15) is 12.2 Å². The van der Waals surface area contributed by atoms with Crippen LogP contribution in [0.1, 0.15) is 13.8 Å². The lowest BCUT2D eigenvalue weighted by Crippen LogP contribution is -2.52. The van der Waals surface area contributed by atoms with Crippen LogP contribution in [0, 0.1) is 0 Å². The minimum absolute atomic E-state index is 0.486. The Labute approximate surface area is 81.8 Å². The second-order valence-corrected chi connectivity index (χ2v) is 3.34. The topological polar surface area (TPSA) is 29.5 Å². The molecule has 0 aliphatic heterocycles. The first kappa shape index (κ1) is 14.5. The van der Waals surface area contributed by atoms with E-state index in [2.05, 4.69) is 4.74 Å². The molecule has 0 radical (unpaired) electrons. The Kier molecular flexibility index (Phi) is 4.03. The summed E-state index contributed by atoms with van der Waals surface area (Å²) in [5, 5.41) is 8.20. The summed E-state index contributed by atoms with van der Waals surface area (Å²) < 4.78 is 76.8. The lowest BCUT2D eigenvalue weighted by Gasteiger charge is -2.35. The second-order valence-electron chi connectivity index (χ2n) is 3.34. The fourth-order valence-electron chi connectivity index (χ4n) is 0.650. The zero-order valence-electron chi connectivity index (χ0n) is 7.91. The van der Waals surface area contributed by atoms with Gasteiger partial charge in [-0.2, -0.15) is 8.78 Å². The summed E-state index contributed by atoms with van der Waals surface area (Å²) in [7, 11) is 0. The molecule has 0 aliphatic rings. The van der Waals surface area contributed by atoms with Gasteiger partial charge in [-0.25, -0.2) is 17.6 Å². The van der Waals surface area contributed by atoms with Crippen LogP contribution >= 0.6 is 0 Å². The summed E-state index contributed by atoms with van der Waals surface area (Å²) in [5.74, 6) is -4.05. The minimum atomic E-state index is -4.98. The summed E-state index contributed by atoms with van der Waals surface area (Å²) in [6.07, 6.45) is -9.20. The quantitative estimate of drug-likeness (QED) is 0.747. The van der Waals surface area contributed by atoms with Crippen LogP contribution in [0.3, 0.4) is 0 Å². The molecule has 15 heavy (non-hydrogen) atoms. The fraction of sp³-hybridized carbons (Fsp3) is 1.00. The van der Waals surface area contributed by atoms with Gasteiger partial charge in [-0.05, 0) is 13.8 Å². The third-order valence-electron chi connectivity index (χ3n) is 1.72. The van der Waals surface area contributed by atoms with Gasteiger partial charge >= 0.3 is 12.5 Å². The SMILES string of the molecule is CC(C)(OC(F)(F)C(F)F)C(F)(F)CO. The van der Waals surface area contributed by atoms with Crippen molar-refractivity contribution in [2.24, 2.45) is 0 Å². The predicted molar refractivity (Wildman–Crippen MR) is 38.1 cm³/mol. The minimum Gasteiger partial charge on any atom is -0.390 e. The highest BCUT2D eigenvalue weighted by Gasteiger charge is 2.56. The highest BCUT2D eigenvalue weighted by Crippen LogP contribution is 2.38. The molecule has 8 heteroatoms. The molecule has 0 aliphatic carbocycles. The summed E-state index contributed by atoms with van der Waals surface area (Å²) in [5.41, 5.74) is -2.90. The first-order valence-electron chi connectivity index (χ1n) is 3.81. The van der Waals surface area contributed by atoms with Gasteiger partial charge in [-0.3, -0.25) is 0 Å². The molecule has 0 rings (SSSR count). The third-order valence-corrected chi connectivity index (χ3v) is 1.72. The zero-order valence-corrected chi connectivity index (χ0v) is 7.91. The van der Waals surface area contributed by atoms with Crippen molar-refractivity contribution in [1.82, 2.24) is 0 Å². The Morgan fingerprint density at radius 1 is 1.13 bits per heavy atom.